The number of nitrogens with zero attached hydrogens (tertiary/aromatic N) is 2. The van der Waals surface area contributed by atoms with Crippen molar-refractivity contribution in [3.63, 3.8) is 0 Å². The van der Waals surface area contributed by atoms with E-state index in [4.69, 9.17) is 10.5 Å². The number of amides is 1. The Balaban J connectivity index is 1.86. The maximum atomic E-state index is 12.4. The SMILES string of the molecule is CCN(CC)C(=O)Oc1ccc(CN)cc1Cc1ccc(N2CC(O)NS2(O)O)c(O)c1. The summed E-state index contributed by atoms with van der Waals surface area (Å²) in [6.45, 7) is 5.04. The highest BCUT2D eigenvalue weighted by atomic mass is 32.3. The highest BCUT2D eigenvalue weighted by Gasteiger charge is 2.36. The average molecular weight is 467 g/mol. The van der Waals surface area contributed by atoms with Crippen LogP contribution in [-0.2, 0) is 13.0 Å². The zero-order chi connectivity index (χ0) is 23.5. The number of nitrogens with one attached hydrogen (secondary N) is 1. The zero-order valence-electron chi connectivity index (χ0n) is 18.1. The van der Waals surface area contributed by atoms with Gasteiger partial charge in [-0.25, -0.2) is 4.79 Å². The average Bonchev–Trinajstić information content (AvgIpc) is 3.02. The molecule has 1 aliphatic rings. The van der Waals surface area contributed by atoms with E-state index in [9.17, 15) is 24.1 Å². The van der Waals surface area contributed by atoms with Crippen molar-refractivity contribution in [3.8, 4) is 11.5 Å². The van der Waals surface area contributed by atoms with E-state index in [0.29, 0.717) is 37.4 Å². The van der Waals surface area contributed by atoms with Crippen LogP contribution in [0.25, 0.3) is 0 Å². The minimum Gasteiger partial charge on any atom is -0.506 e. The molecule has 10 nitrogen and oxygen atoms in total. The van der Waals surface area contributed by atoms with Crippen LogP contribution in [-0.4, -0.2) is 56.2 Å². The second-order valence-corrected chi connectivity index (χ2v) is 9.11. The Bertz CT molecular complexity index is 969. The third-order valence-electron chi connectivity index (χ3n) is 5.22. The van der Waals surface area contributed by atoms with Gasteiger partial charge in [0.05, 0.1) is 6.54 Å². The second-order valence-electron chi connectivity index (χ2n) is 7.40. The first-order valence-corrected chi connectivity index (χ1v) is 11.8. The number of carbonyl (C=O) groups excluding carboxylic acids is 1. The van der Waals surface area contributed by atoms with Crippen LogP contribution in [0.1, 0.15) is 30.5 Å². The number of hydrogen-bond donors (Lipinski definition) is 6. The van der Waals surface area contributed by atoms with Crippen molar-refractivity contribution in [3.05, 3.63) is 53.1 Å². The summed E-state index contributed by atoms with van der Waals surface area (Å²) < 4.78 is 29.2. The van der Waals surface area contributed by atoms with E-state index in [1.165, 1.54) is 6.07 Å². The number of benzene rings is 2. The van der Waals surface area contributed by atoms with Gasteiger partial charge in [0.15, 0.2) is 0 Å². The molecule has 7 N–H and O–H groups in total. The molecular weight excluding hydrogens is 436 g/mol. The molecule has 32 heavy (non-hydrogen) atoms. The normalized spacial score (nSPS) is 18.4. The number of rotatable bonds is 7. The topological polar surface area (TPSA) is 152 Å². The van der Waals surface area contributed by atoms with E-state index in [1.54, 1.807) is 29.2 Å². The Hall–Kier alpha value is -2.54. The molecule has 2 aromatic rings. The largest absolute Gasteiger partial charge is 0.506 e. The summed E-state index contributed by atoms with van der Waals surface area (Å²) >= 11 is 0. The lowest BCUT2D eigenvalue weighted by Crippen LogP contribution is -2.33. The fourth-order valence-corrected chi connectivity index (χ4v) is 4.87. The predicted molar refractivity (Wildman–Crippen MR) is 124 cm³/mol. The van der Waals surface area contributed by atoms with Gasteiger partial charge in [-0.05, 0) is 48.7 Å². The summed E-state index contributed by atoms with van der Waals surface area (Å²) in [7, 11) is -3.43. The summed E-state index contributed by atoms with van der Waals surface area (Å²) in [6.07, 6.45) is -1.22. The number of nitrogens with two attached hydrogens (primary N) is 1. The van der Waals surface area contributed by atoms with Crippen molar-refractivity contribution >= 4 is 22.7 Å². The molecule has 0 radical (unpaired) electrons. The molecule has 3 rings (SSSR count). The van der Waals surface area contributed by atoms with Gasteiger partial charge in [0, 0.05) is 26.1 Å². The lowest BCUT2D eigenvalue weighted by molar-refractivity contribution is 0.157. The summed E-state index contributed by atoms with van der Waals surface area (Å²) in [5.74, 6) is 0.235. The molecule has 1 unspecified atom stereocenters. The minimum absolute atomic E-state index is 0.0841. The number of aromatic hydroxyl groups is 1. The Labute approximate surface area is 188 Å². The zero-order valence-corrected chi connectivity index (χ0v) is 18.9. The quantitative estimate of drug-likeness (QED) is 0.362. The molecule has 1 aliphatic heterocycles. The number of anilines is 1. The number of hydrogen-bond acceptors (Lipinski definition) is 9. The molecule has 1 atom stereocenters. The van der Waals surface area contributed by atoms with Gasteiger partial charge in [-0.1, -0.05) is 29.2 Å². The van der Waals surface area contributed by atoms with Gasteiger partial charge in [0.2, 0.25) is 0 Å². The van der Waals surface area contributed by atoms with Crippen LogP contribution in [0.2, 0.25) is 0 Å². The van der Waals surface area contributed by atoms with Gasteiger partial charge in [-0.15, -0.1) is 0 Å². The van der Waals surface area contributed by atoms with Crippen LogP contribution in [0.3, 0.4) is 0 Å². The molecule has 176 valence electrons. The van der Waals surface area contributed by atoms with Crippen LogP contribution in [0.15, 0.2) is 36.4 Å². The van der Waals surface area contributed by atoms with E-state index in [2.05, 4.69) is 4.72 Å². The molecule has 0 saturated carbocycles. The van der Waals surface area contributed by atoms with Crippen molar-refractivity contribution in [2.75, 3.05) is 23.9 Å². The smallest absolute Gasteiger partial charge is 0.415 e. The predicted octanol–water partition coefficient (Wildman–Crippen LogP) is 2.59. The number of phenolic OH excluding ortho intramolecular Hbond substituents is 1. The van der Waals surface area contributed by atoms with Gasteiger partial charge in [-0.3, -0.25) is 13.4 Å². The molecule has 0 aliphatic carbocycles. The first kappa shape index (κ1) is 24.1. The summed E-state index contributed by atoms with van der Waals surface area (Å²) in [4.78, 5) is 14.0. The summed E-state index contributed by atoms with van der Waals surface area (Å²) in [5.41, 5.74) is 8.26. The first-order chi connectivity index (χ1) is 15.2. The van der Waals surface area contributed by atoms with E-state index >= 15 is 0 Å². The van der Waals surface area contributed by atoms with Crippen molar-refractivity contribution < 1.29 is 28.8 Å². The molecule has 1 saturated heterocycles. The molecule has 0 bridgehead atoms. The van der Waals surface area contributed by atoms with Crippen molar-refractivity contribution in [2.24, 2.45) is 5.73 Å². The van der Waals surface area contributed by atoms with Gasteiger partial charge >= 0.3 is 6.09 Å². The number of carbonyl (C=O) groups is 1. The van der Waals surface area contributed by atoms with Crippen LogP contribution < -0.4 is 19.5 Å². The van der Waals surface area contributed by atoms with Crippen molar-refractivity contribution in [2.45, 2.75) is 33.0 Å². The maximum Gasteiger partial charge on any atom is 0.415 e. The number of phenols is 1. The molecule has 1 fully saturated rings. The Morgan fingerprint density at radius 3 is 2.47 bits per heavy atom. The lowest BCUT2D eigenvalue weighted by Gasteiger charge is -2.36. The molecule has 0 spiro atoms. The van der Waals surface area contributed by atoms with Crippen molar-refractivity contribution in [1.82, 2.24) is 9.62 Å². The number of β-amino-alcohol motifs (C(OH)–C–C–N with tert-alkyl or cyclic N) is 1. The van der Waals surface area contributed by atoms with Crippen LogP contribution >= 0.6 is 11.0 Å². The number of aliphatic hydroxyl groups excluding tert-OH is 1. The van der Waals surface area contributed by atoms with E-state index < -0.39 is 23.3 Å². The lowest BCUT2D eigenvalue weighted by atomic mass is 10.0. The van der Waals surface area contributed by atoms with E-state index in [1.807, 2.05) is 19.9 Å². The highest BCUT2D eigenvalue weighted by molar-refractivity contribution is 8.24. The van der Waals surface area contributed by atoms with E-state index in [-0.39, 0.29) is 18.0 Å². The van der Waals surface area contributed by atoms with Gasteiger partial charge < -0.3 is 25.6 Å². The van der Waals surface area contributed by atoms with Gasteiger partial charge in [-0.2, -0.15) is 4.72 Å². The van der Waals surface area contributed by atoms with Crippen LogP contribution in [0, 0.1) is 0 Å². The Morgan fingerprint density at radius 1 is 1.22 bits per heavy atom. The fraction of sp³-hybridized carbons (Fsp3) is 0.381. The number of aliphatic hydroxyl groups is 1. The minimum atomic E-state index is -3.43. The van der Waals surface area contributed by atoms with Crippen molar-refractivity contribution in [1.29, 1.82) is 0 Å². The summed E-state index contributed by atoms with van der Waals surface area (Å²) in [5, 5.41) is 20.2. The Morgan fingerprint density at radius 2 is 1.91 bits per heavy atom. The molecule has 1 amide bonds. The maximum absolute atomic E-state index is 12.4. The van der Waals surface area contributed by atoms with Gasteiger partial charge in [0.25, 0.3) is 0 Å². The molecular formula is C21H30N4O6S. The third-order valence-corrected chi connectivity index (χ3v) is 6.77. The van der Waals surface area contributed by atoms with Gasteiger partial charge in [0.1, 0.15) is 23.4 Å². The Kier molecular flexibility index (Phi) is 7.49. The summed E-state index contributed by atoms with van der Waals surface area (Å²) in [6, 6.07) is 10.1. The monoisotopic (exact) mass is 466 g/mol. The highest BCUT2D eigenvalue weighted by Crippen LogP contribution is 2.49. The standard InChI is InChI=1S/C21H30N4O6S/c1-3-24(4-2)21(28)31-19-8-6-15(12-22)10-16(19)9-14-5-7-17(18(26)11-14)25-13-20(27)23-32(25,29)30/h5-8,10-11,20,23,26-27,29-30H,3-4,9,12-13,22H2,1-2H3. The molecule has 0 aromatic heterocycles. The molecule has 11 heteroatoms. The van der Waals surface area contributed by atoms with E-state index in [0.717, 1.165) is 15.4 Å². The third kappa shape index (κ3) is 5.26. The van der Waals surface area contributed by atoms with Crippen LogP contribution in [0.4, 0.5) is 10.5 Å². The fourth-order valence-electron chi connectivity index (χ4n) is 3.53. The number of ether oxygens (including phenoxy) is 1. The second kappa shape index (κ2) is 9.94. The molecule has 2 aromatic carbocycles. The molecule has 1 heterocycles. The first-order valence-electron chi connectivity index (χ1n) is 10.3. The van der Waals surface area contributed by atoms with Crippen LogP contribution in [0.5, 0.6) is 11.5 Å².